The average Bonchev–Trinajstić information content (AvgIpc) is 3.17. The number of pyridine rings is 1. The standard InChI is InChI=1S/C28H26N2O6/c1-2-12-34-21-5-3-4-19(15-21)25-24(26(31)20-6-7-22-23(16-20)36-14-13-35-22)27(32)28(33)30(25)17-18-8-10-29-11-9-18/h3-11,15-16,25,31H,2,12-14,17H2,1H3/b26-24+/t25-/m1/s1. The maximum Gasteiger partial charge on any atom is 0.295 e. The third-order valence-electron chi connectivity index (χ3n) is 6.10. The summed E-state index contributed by atoms with van der Waals surface area (Å²) in [7, 11) is 0. The minimum Gasteiger partial charge on any atom is -0.507 e. The molecule has 2 aromatic carbocycles. The largest absolute Gasteiger partial charge is 0.507 e. The highest BCUT2D eigenvalue weighted by Gasteiger charge is 2.46. The molecule has 5 rings (SSSR count). The van der Waals surface area contributed by atoms with E-state index < -0.39 is 17.7 Å². The molecule has 0 saturated carbocycles. The number of hydrogen-bond acceptors (Lipinski definition) is 7. The quantitative estimate of drug-likeness (QED) is 0.303. The van der Waals surface area contributed by atoms with Gasteiger partial charge in [0.15, 0.2) is 11.5 Å². The Morgan fingerprint density at radius 2 is 1.83 bits per heavy atom. The number of aliphatic hydroxyl groups is 1. The van der Waals surface area contributed by atoms with Crippen LogP contribution < -0.4 is 14.2 Å². The normalized spacial score (nSPS) is 18.4. The maximum atomic E-state index is 13.3. The van der Waals surface area contributed by atoms with Crippen LogP contribution in [0.2, 0.25) is 0 Å². The van der Waals surface area contributed by atoms with E-state index in [1.807, 2.05) is 31.2 Å². The monoisotopic (exact) mass is 486 g/mol. The molecule has 1 fully saturated rings. The van der Waals surface area contributed by atoms with Crippen molar-refractivity contribution in [3.8, 4) is 17.2 Å². The van der Waals surface area contributed by atoms with Gasteiger partial charge in [0.1, 0.15) is 24.7 Å². The van der Waals surface area contributed by atoms with Crippen LogP contribution in [0.1, 0.15) is 36.1 Å². The molecule has 0 spiro atoms. The van der Waals surface area contributed by atoms with E-state index >= 15 is 0 Å². The zero-order valence-electron chi connectivity index (χ0n) is 19.8. The fourth-order valence-electron chi connectivity index (χ4n) is 4.42. The van der Waals surface area contributed by atoms with E-state index in [0.717, 1.165) is 12.0 Å². The Balaban J connectivity index is 1.62. The highest BCUT2D eigenvalue weighted by atomic mass is 16.6. The molecular weight excluding hydrogens is 460 g/mol. The molecule has 1 N–H and O–H groups in total. The predicted molar refractivity (Wildman–Crippen MR) is 132 cm³/mol. The topological polar surface area (TPSA) is 98.2 Å². The van der Waals surface area contributed by atoms with Crippen molar-refractivity contribution in [2.24, 2.45) is 0 Å². The minimum atomic E-state index is -0.809. The summed E-state index contributed by atoms with van der Waals surface area (Å²) in [6.45, 7) is 3.56. The zero-order valence-corrected chi connectivity index (χ0v) is 19.8. The second kappa shape index (κ2) is 10.1. The zero-order chi connectivity index (χ0) is 25.1. The van der Waals surface area contributed by atoms with Gasteiger partial charge in [-0.2, -0.15) is 0 Å². The SMILES string of the molecule is CCCOc1cccc([C@@H]2/C(=C(\O)c3ccc4c(c3)OCCO4)C(=O)C(=O)N2Cc2ccncc2)c1. The summed E-state index contributed by atoms with van der Waals surface area (Å²) >= 11 is 0. The molecule has 1 saturated heterocycles. The molecule has 0 radical (unpaired) electrons. The van der Waals surface area contributed by atoms with Crippen molar-refractivity contribution in [3.05, 3.63) is 89.3 Å². The number of ether oxygens (including phenoxy) is 3. The predicted octanol–water partition coefficient (Wildman–Crippen LogP) is 4.26. The van der Waals surface area contributed by atoms with Gasteiger partial charge in [-0.15, -0.1) is 0 Å². The lowest BCUT2D eigenvalue weighted by molar-refractivity contribution is -0.140. The van der Waals surface area contributed by atoms with Gasteiger partial charge in [-0.1, -0.05) is 19.1 Å². The van der Waals surface area contributed by atoms with Crippen molar-refractivity contribution in [1.29, 1.82) is 0 Å². The highest BCUT2D eigenvalue weighted by Crippen LogP contribution is 2.42. The van der Waals surface area contributed by atoms with E-state index in [0.29, 0.717) is 48.2 Å². The summed E-state index contributed by atoms with van der Waals surface area (Å²) in [5.74, 6) is -0.0381. The Kier molecular flexibility index (Phi) is 6.58. The third kappa shape index (κ3) is 4.49. The summed E-state index contributed by atoms with van der Waals surface area (Å²) in [5, 5.41) is 11.4. The molecule has 8 heteroatoms. The van der Waals surface area contributed by atoms with Crippen LogP contribution in [0.4, 0.5) is 0 Å². The Morgan fingerprint density at radius 1 is 1.06 bits per heavy atom. The molecule has 3 aromatic rings. The first kappa shape index (κ1) is 23.4. The molecule has 1 atom stereocenters. The fourth-order valence-corrected chi connectivity index (χ4v) is 4.42. The van der Waals surface area contributed by atoms with Gasteiger partial charge in [0.2, 0.25) is 0 Å². The van der Waals surface area contributed by atoms with Crippen LogP contribution in [0.25, 0.3) is 5.76 Å². The van der Waals surface area contributed by atoms with Crippen LogP contribution in [0.15, 0.2) is 72.6 Å². The second-order valence-corrected chi connectivity index (χ2v) is 8.56. The number of nitrogens with zero attached hydrogens (tertiary/aromatic N) is 2. The van der Waals surface area contributed by atoms with Gasteiger partial charge in [0.05, 0.1) is 18.2 Å². The number of amides is 1. The van der Waals surface area contributed by atoms with Gasteiger partial charge in [-0.3, -0.25) is 14.6 Å². The van der Waals surface area contributed by atoms with Gasteiger partial charge in [-0.05, 0) is 60.0 Å². The first-order valence-electron chi connectivity index (χ1n) is 11.9. The Hall–Kier alpha value is -4.33. The minimum absolute atomic E-state index is 0.0124. The highest BCUT2D eigenvalue weighted by molar-refractivity contribution is 6.46. The molecule has 2 aliphatic rings. The Labute approximate surface area is 208 Å². The Bertz CT molecular complexity index is 1320. The van der Waals surface area contributed by atoms with E-state index in [1.165, 1.54) is 4.90 Å². The van der Waals surface area contributed by atoms with E-state index in [-0.39, 0.29) is 17.9 Å². The number of ketones is 1. The summed E-state index contributed by atoms with van der Waals surface area (Å²) < 4.78 is 17.0. The summed E-state index contributed by atoms with van der Waals surface area (Å²) in [5.41, 5.74) is 1.86. The number of fused-ring (bicyclic) bond motifs is 1. The Morgan fingerprint density at radius 3 is 2.61 bits per heavy atom. The molecule has 0 bridgehead atoms. The van der Waals surface area contributed by atoms with Gasteiger partial charge < -0.3 is 24.2 Å². The van der Waals surface area contributed by atoms with E-state index in [2.05, 4.69) is 4.98 Å². The molecule has 8 nitrogen and oxygen atoms in total. The number of likely N-dealkylation sites (tertiary alicyclic amines) is 1. The number of carbonyl (C=O) groups is 2. The number of aromatic nitrogens is 1. The van der Waals surface area contributed by atoms with Gasteiger partial charge in [-0.25, -0.2) is 0 Å². The number of Topliss-reactive ketones (excluding diaryl/α,β-unsaturated/α-hetero) is 1. The molecule has 2 aliphatic heterocycles. The lowest BCUT2D eigenvalue weighted by Crippen LogP contribution is -2.29. The van der Waals surface area contributed by atoms with Crippen LogP contribution in [-0.2, 0) is 16.1 Å². The number of aliphatic hydroxyl groups excluding tert-OH is 1. The van der Waals surface area contributed by atoms with Crippen molar-refractivity contribution in [2.75, 3.05) is 19.8 Å². The van der Waals surface area contributed by atoms with E-state index in [1.54, 1.807) is 42.7 Å². The van der Waals surface area contributed by atoms with Crippen molar-refractivity contribution < 1.29 is 28.9 Å². The van der Waals surface area contributed by atoms with Crippen LogP contribution in [0, 0.1) is 0 Å². The summed E-state index contributed by atoms with van der Waals surface area (Å²) in [6.07, 6.45) is 4.11. The molecule has 36 heavy (non-hydrogen) atoms. The average molecular weight is 487 g/mol. The van der Waals surface area contributed by atoms with Crippen LogP contribution >= 0.6 is 0 Å². The first-order valence-corrected chi connectivity index (χ1v) is 11.9. The number of rotatable bonds is 7. The van der Waals surface area contributed by atoms with Gasteiger partial charge >= 0.3 is 0 Å². The lowest BCUT2D eigenvalue weighted by atomic mass is 9.95. The number of carbonyl (C=O) groups excluding carboxylic acids is 2. The van der Waals surface area contributed by atoms with Crippen molar-refractivity contribution in [2.45, 2.75) is 25.9 Å². The molecular formula is C28H26N2O6. The third-order valence-corrected chi connectivity index (χ3v) is 6.10. The molecule has 0 aliphatic carbocycles. The molecule has 0 unspecified atom stereocenters. The lowest BCUT2D eigenvalue weighted by Gasteiger charge is -2.26. The molecule has 1 aromatic heterocycles. The second-order valence-electron chi connectivity index (χ2n) is 8.56. The number of benzene rings is 2. The van der Waals surface area contributed by atoms with Crippen molar-refractivity contribution in [3.63, 3.8) is 0 Å². The molecule has 1 amide bonds. The fraction of sp³-hybridized carbons (Fsp3) is 0.250. The van der Waals surface area contributed by atoms with E-state index in [4.69, 9.17) is 14.2 Å². The van der Waals surface area contributed by atoms with E-state index in [9.17, 15) is 14.7 Å². The first-order chi connectivity index (χ1) is 17.6. The van der Waals surface area contributed by atoms with Gasteiger partial charge in [0, 0.05) is 24.5 Å². The summed E-state index contributed by atoms with van der Waals surface area (Å²) in [6, 6.07) is 15.0. The van der Waals surface area contributed by atoms with Crippen molar-refractivity contribution in [1.82, 2.24) is 9.88 Å². The van der Waals surface area contributed by atoms with Crippen LogP contribution in [-0.4, -0.2) is 46.5 Å². The molecule has 184 valence electrons. The number of hydrogen-bond donors (Lipinski definition) is 1. The maximum absolute atomic E-state index is 13.3. The van der Waals surface area contributed by atoms with Gasteiger partial charge in [0.25, 0.3) is 11.7 Å². The molecule has 3 heterocycles. The van der Waals surface area contributed by atoms with Crippen LogP contribution in [0.3, 0.4) is 0 Å². The smallest absolute Gasteiger partial charge is 0.295 e. The van der Waals surface area contributed by atoms with Crippen LogP contribution in [0.5, 0.6) is 17.2 Å². The summed E-state index contributed by atoms with van der Waals surface area (Å²) in [4.78, 5) is 32.1. The van der Waals surface area contributed by atoms with Crippen molar-refractivity contribution >= 4 is 17.4 Å².